The van der Waals surface area contributed by atoms with Crippen LogP contribution in [0.25, 0.3) is 0 Å². The number of rotatable bonds is 6. The van der Waals surface area contributed by atoms with Gasteiger partial charge < -0.3 is 0 Å². The summed E-state index contributed by atoms with van der Waals surface area (Å²) < 4.78 is 80.2. The van der Waals surface area contributed by atoms with Gasteiger partial charge in [-0.3, -0.25) is 0 Å². The molecule has 1 heterocycles. The number of sulfonamides is 1. The van der Waals surface area contributed by atoms with Gasteiger partial charge >= 0.3 is 0 Å². The molecule has 0 saturated carbocycles. The predicted molar refractivity (Wildman–Crippen MR) is 88.5 cm³/mol. The van der Waals surface area contributed by atoms with Crippen LogP contribution in [-0.2, 0) is 20.2 Å². The maximum absolute atomic E-state index is 13.6. The van der Waals surface area contributed by atoms with Gasteiger partial charge in [0.1, 0.15) is 11.6 Å². The van der Waals surface area contributed by atoms with E-state index in [1.165, 1.54) is 18.4 Å². The van der Waals surface area contributed by atoms with Crippen LogP contribution in [0, 0.1) is 17.6 Å². The molecule has 1 aliphatic heterocycles. The topological polar surface area (TPSA) is 86.8 Å². The summed E-state index contributed by atoms with van der Waals surface area (Å²) in [6.45, 7) is 0.522. The molecule has 0 amide bonds. The molecule has 0 unspecified atom stereocenters. The Balaban J connectivity index is 1.97. The molecule has 1 aliphatic rings. The molecular formula is C14H21F2N3O4S2. The lowest BCUT2D eigenvalue weighted by Gasteiger charge is -2.32. The lowest BCUT2D eigenvalue weighted by molar-refractivity contribution is 0.263. The predicted octanol–water partition coefficient (Wildman–Crippen LogP) is 0.762. The summed E-state index contributed by atoms with van der Waals surface area (Å²) in [5.41, 5.74) is 0. The van der Waals surface area contributed by atoms with Crippen molar-refractivity contribution in [3.05, 3.63) is 29.8 Å². The van der Waals surface area contributed by atoms with Crippen molar-refractivity contribution in [2.24, 2.45) is 5.92 Å². The average molecular weight is 397 g/mol. The van der Waals surface area contributed by atoms with Gasteiger partial charge in [-0.2, -0.15) is 17.0 Å². The molecule has 25 heavy (non-hydrogen) atoms. The first-order valence-electron chi connectivity index (χ1n) is 7.67. The van der Waals surface area contributed by atoms with Crippen molar-refractivity contribution < 1.29 is 25.6 Å². The van der Waals surface area contributed by atoms with E-state index in [0.29, 0.717) is 12.8 Å². The molecule has 0 atom stereocenters. The fourth-order valence-electron chi connectivity index (χ4n) is 2.61. The molecule has 1 N–H and O–H groups in total. The second kappa shape index (κ2) is 7.62. The molecule has 0 bridgehead atoms. The first kappa shape index (κ1) is 20.2. The number of hydrogen-bond donors (Lipinski definition) is 1. The van der Waals surface area contributed by atoms with E-state index in [-0.39, 0.29) is 25.6 Å². The van der Waals surface area contributed by atoms with Gasteiger partial charge in [0.2, 0.25) is 10.0 Å². The normalized spacial score (nSPS) is 18.0. The van der Waals surface area contributed by atoms with E-state index in [9.17, 15) is 25.6 Å². The molecule has 1 aromatic rings. The summed E-state index contributed by atoms with van der Waals surface area (Å²) in [7, 11) is -4.92. The molecule has 1 aromatic carbocycles. The number of hydrogen-bond acceptors (Lipinski definition) is 4. The maximum Gasteiger partial charge on any atom is 0.281 e. The van der Waals surface area contributed by atoms with Crippen molar-refractivity contribution in [3.8, 4) is 0 Å². The Bertz CT molecular complexity index is 800. The van der Waals surface area contributed by atoms with Crippen molar-refractivity contribution in [2.75, 3.05) is 33.7 Å². The summed E-state index contributed by atoms with van der Waals surface area (Å²) in [6, 6.07) is 2.84. The summed E-state index contributed by atoms with van der Waals surface area (Å²) in [5, 5.41) is 0. The first-order valence-corrected chi connectivity index (χ1v) is 10.5. The van der Waals surface area contributed by atoms with Crippen LogP contribution in [0.2, 0.25) is 0 Å². The van der Waals surface area contributed by atoms with Crippen molar-refractivity contribution in [1.29, 1.82) is 0 Å². The monoisotopic (exact) mass is 397 g/mol. The van der Waals surface area contributed by atoms with Gasteiger partial charge in [-0.1, -0.05) is 6.07 Å². The molecule has 2 rings (SSSR count). The molecule has 0 radical (unpaired) electrons. The zero-order valence-corrected chi connectivity index (χ0v) is 15.6. The fraction of sp³-hybridized carbons (Fsp3) is 0.571. The molecule has 0 aromatic heterocycles. The Kier molecular flexibility index (Phi) is 6.15. The molecule has 142 valence electrons. The second-order valence-corrected chi connectivity index (χ2v) is 9.88. The lowest BCUT2D eigenvalue weighted by atomic mass is 9.99. The molecule has 7 nitrogen and oxygen atoms in total. The number of benzene rings is 1. The van der Waals surface area contributed by atoms with Gasteiger partial charge in [0.25, 0.3) is 10.2 Å². The zero-order valence-electron chi connectivity index (χ0n) is 13.9. The fourth-order valence-corrected chi connectivity index (χ4v) is 5.00. The summed E-state index contributed by atoms with van der Waals surface area (Å²) in [4.78, 5) is -0.998. The Morgan fingerprint density at radius 1 is 1.12 bits per heavy atom. The Morgan fingerprint density at radius 2 is 1.64 bits per heavy atom. The quantitative estimate of drug-likeness (QED) is 0.768. The minimum Gasteiger partial charge on any atom is -0.211 e. The van der Waals surface area contributed by atoms with Crippen LogP contribution < -0.4 is 4.72 Å². The van der Waals surface area contributed by atoms with Gasteiger partial charge in [-0.25, -0.2) is 21.9 Å². The van der Waals surface area contributed by atoms with Gasteiger partial charge in [-0.05, 0) is 30.9 Å². The summed E-state index contributed by atoms with van der Waals surface area (Å²) in [6.07, 6.45) is 0.907. The van der Waals surface area contributed by atoms with E-state index in [1.807, 2.05) is 0 Å². The average Bonchev–Trinajstić information content (AvgIpc) is 2.53. The maximum atomic E-state index is 13.6. The Hall–Kier alpha value is -1.14. The Morgan fingerprint density at radius 3 is 2.12 bits per heavy atom. The van der Waals surface area contributed by atoms with Gasteiger partial charge in [-0.15, -0.1) is 0 Å². The lowest BCUT2D eigenvalue weighted by Crippen LogP contribution is -2.45. The van der Waals surface area contributed by atoms with Gasteiger partial charge in [0.05, 0.1) is 0 Å². The van der Waals surface area contributed by atoms with Crippen LogP contribution in [0.4, 0.5) is 8.78 Å². The smallest absolute Gasteiger partial charge is 0.211 e. The van der Waals surface area contributed by atoms with Crippen LogP contribution in [0.3, 0.4) is 0 Å². The van der Waals surface area contributed by atoms with Crippen molar-refractivity contribution >= 4 is 20.2 Å². The van der Waals surface area contributed by atoms with Crippen LogP contribution in [0.1, 0.15) is 12.8 Å². The van der Waals surface area contributed by atoms with E-state index in [0.717, 1.165) is 22.5 Å². The largest absolute Gasteiger partial charge is 0.281 e. The van der Waals surface area contributed by atoms with Crippen molar-refractivity contribution in [3.63, 3.8) is 0 Å². The van der Waals surface area contributed by atoms with E-state index in [2.05, 4.69) is 4.72 Å². The SMILES string of the molecule is CN(C)S(=O)(=O)N1CCC(CNS(=O)(=O)c2c(F)cccc2F)CC1. The van der Waals surface area contributed by atoms with Crippen LogP contribution in [0.5, 0.6) is 0 Å². The first-order chi connectivity index (χ1) is 11.6. The molecule has 1 fully saturated rings. The van der Waals surface area contributed by atoms with Crippen LogP contribution >= 0.6 is 0 Å². The van der Waals surface area contributed by atoms with Gasteiger partial charge in [0.15, 0.2) is 4.90 Å². The molecule has 1 saturated heterocycles. The Labute approximate surface area is 146 Å². The summed E-state index contributed by atoms with van der Waals surface area (Å²) in [5.74, 6) is -2.42. The number of halogens is 2. The minimum absolute atomic E-state index is 0.00798. The highest BCUT2D eigenvalue weighted by Crippen LogP contribution is 2.22. The second-order valence-electron chi connectivity index (χ2n) is 6.04. The molecule has 0 spiro atoms. The highest BCUT2D eigenvalue weighted by molar-refractivity contribution is 7.89. The number of piperidine rings is 1. The third kappa shape index (κ3) is 4.53. The highest BCUT2D eigenvalue weighted by Gasteiger charge is 2.31. The number of nitrogens with one attached hydrogen (secondary N) is 1. The van der Waals surface area contributed by atoms with E-state index in [1.54, 1.807) is 0 Å². The van der Waals surface area contributed by atoms with Crippen molar-refractivity contribution in [2.45, 2.75) is 17.7 Å². The third-order valence-corrected chi connectivity index (χ3v) is 7.53. The molecular weight excluding hydrogens is 376 g/mol. The van der Waals surface area contributed by atoms with E-state index < -0.39 is 36.8 Å². The zero-order chi connectivity index (χ0) is 18.8. The number of nitrogens with zero attached hydrogens (tertiary/aromatic N) is 2. The van der Waals surface area contributed by atoms with E-state index >= 15 is 0 Å². The minimum atomic E-state index is -4.32. The van der Waals surface area contributed by atoms with Crippen LogP contribution in [-0.4, -0.2) is 59.2 Å². The standard InChI is InChI=1S/C14H21F2N3O4S2/c1-18(2)25(22,23)19-8-6-11(7-9-19)10-17-24(20,21)14-12(15)4-3-5-13(14)16/h3-5,11,17H,6-10H2,1-2H3. The van der Waals surface area contributed by atoms with Gasteiger partial charge in [0, 0.05) is 33.7 Å². The summed E-state index contributed by atoms with van der Waals surface area (Å²) >= 11 is 0. The molecule has 11 heteroatoms. The van der Waals surface area contributed by atoms with E-state index in [4.69, 9.17) is 0 Å². The third-order valence-electron chi connectivity index (χ3n) is 4.11. The highest BCUT2D eigenvalue weighted by atomic mass is 32.2. The van der Waals surface area contributed by atoms with Crippen molar-refractivity contribution in [1.82, 2.24) is 13.3 Å². The molecule has 0 aliphatic carbocycles. The van der Waals surface area contributed by atoms with Crippen LogP contribution in [0.15, 0.2) is 23.1 Å².